The van der Waals surface area contributed by atoms with Crippen LogP contribution in [0.25, 0.3) is 0 Å². The van der Waals surface area contributed by atoms with Gasteiger partial charge < -0.3 is 10.4 Å². The number of carbonyl (C=O) groups is 1. The molecule has 0 bridgehead atoms. The third kappa shape index (κ3) is 3.36. The van der Waals surface area contributed by atoms with Crippen molar-refractivity contribution in [1.29, 1.82) is 5.26 Å². The van der Waals surface area contributed by atoms with Gasteiger partial charge in [-0.15, -0.1) is 0 Å². The quantitative estimate of drug-likeness (QED) is 0.592. The van der Waals surface area contributed by atoms with E-state index >= 15 is 0 Å². The third-order valence-electron chi connectivity index (χ3n) is 10.7. The Morgan fingerprint density at radius 3 is 2.72 bits per heavy atom. The molecule has 2 N–H and O–H groups in total. The number of carbonyl (C=O) groups excluding carboxylic acids is 1. The molecule has 4 saturated carbocycles. The van der Waals surface area contributed by atoms with Crippen LogP contribution in [0.15, 0.2) is 16.8 Å². The van der Waals surface area contributed by atoms with Gasteiger partial charge in [-0.3, -0.25) is 9.79 Å². The van der Waals surface area contributed by atoms with Gasteiger partial charge in [0.1, 0.15) is 6.07 Å². The number of nitrogens with one attached hydrogen (secondary N) is 1. The van der Waals surface area contributed by atoms with Crippen molar-refractivity contribution in [3.63, 3.8) is 0 Å². The van der Waals surface area contributed by atoms with Crippen LogP contribution in [-0.4, -0.2) is 35.8 Å². The summed E-state index contributed by atoms with van der Waals surface area (Å²) in [6.07, 6.45) is 12.2. The predicted molar refractivity (Wildman–Crippen MR) is 125 cm³/mol. The molecule has 4 aliphatic carbocycles. The minimum atomic E-state index is -0.496. The van der Waals surface area contributed by atoms with Gasteiger partial charge >= 0.3 is 0 Å². The smallest absolute Gasteiger partial charge is 0.155 e. The molecule has 0 aromatic heterocycles. The summed E-state index contributed by atoms with van der Waals surface area (Å²) in [5.74, 6) is 3.27. The van der Waals surface area contributed by atoms with Crippen molar-refractivity contribution >= 4 is 12.0 Å². The first-order chi connectivity index (χ1) is 15.2. The number of aliphatic imine (C=N–C) groups is 1. The number of allylic oxidation sites excluding steroid dienone is 1. The first kappa shape index (κ1) is 22.1. The van der Waals surface area contributed by atoms with Crippen LogP contribution in [0.4, 0.5) is 0 Å². The van der Waals surface area contributed by atoms with Gasteiger partial charge in [-0.05, 0) is 98.7 Å². The standard InChI is InChI=1S/C27H39N3O2/c1-25(32)8-9-26(2)19(11-25)4-5-20-21(26)6-7-27(3)22(20)10-18-15-29-13-17(12-28)14-30-16-23(31)24(18)27/h13-14,18-22,24,30,32H,4-11,15-16H2,1-3H3/b17-14-,29-13-/t18-,19-,20+,21-,22-,24?,25+,26-,27-/m0/s1. The summed E-state index contributed by atoms with van der Waals surface area (Å²) >= 11 is 0. The Morgan fingerprint density at radius 1 is 1.12 bits per heavy atom. The van der Waals surface area contributed by atoms with Crippen molar-refractivity contribution in [1.82, 2.24) is 5.32 Å². The summed E-state index contributed by atoms with van der Waals surface area (Å²) in [6.45, 7) is 7.92. The molecule has 174 valence electrons. The predicted octanol–water partition coefficient (Wildman–Crippen LogP) is 4.27. The van der Waals surface area contributed by atoms with E-state index in [2.05, 4.69) is 30.2 Å². The summed E-state index contributed by atoms with van der Waals surface area (Å²) in [5, 5.41) is 23.1. The fraction of sp³-hybridized carbons (Fsp3) is 0.815. The minimum absolute atomic E-state index is 0.0600. The maximum atomic E-state index is 13.4. The number of hydrogen-bond acceptors (Lipinski definition) is 5. The number of rotatable bonds is 0. The molecular weight excluding hydrogens is 398 g/mol. The largest absolute Gasteiger partial charge is 0.390 e. The molecule has 5 rings (SSSR count). The summed E-state index contributed by atoms with van der Waals surface area (Å²) in [7, 11) is 0. The molecule has 0 amide bonds. The highest BCUT2D eigenvalue weighted by molar-refractivity contribution is 5.86. The molecule has 5 nitrogen and oxygen atoms in total. The lowest BCUT2D eigenvalue weighted by atomic mass is 9.44. The molecule has 5 aliphatic rings. The number of aliphatic hydroxyl groups is 1. The third-order valence-corrected chi connectivity index (χ3v) is 10.7. The SMILES string of the molecule is C[C@@]1(O)CC[C@@]2(C)[C@@H](CC[C@@H]3[C@@H]2CC[C@]2(C)C4C(=O)CN/C=C(C#N)\C=N/C[C@@H]4C[C@@H]32)C1. The number of ketones is 1. The van der Waals surface area contributed by atoms with Crippen molar-refractivity contribution in [2.45, 2.75) is 77.7 Å². The van der Waals surface area contributed by atoms with Gasteiger partial charge in [0.05, 0.1) is 17.7 Å². The van der Waals surface area contributed by atoms with E-state index < -0.39 is 5.60 Å². The zero-order valence-corrected chi connectivity index (χ0v) is 19.9. The van der Waals surface area contributed by atoms with Crippen LogP contribution >= 0.6 is 0 Å². The minimum Gasteiger partial charge on any atom is -0.390 e. The maximum Gasteiger partial charge on any atom is 0.155 e. The van der Waals surface area contributed by atoms with Gasteiger partial charge in [-0.2, -0.15) is 5.26 Å². The van der Waals surface area contributed by atoms with Gasteiger partial charge in [-0.25, -0.2) is 0 Å². The van der Waals surface area contributed by atoms with E-state index in [-0.39, 0.29) is 17.3 Å². The van der Waals surface area contributed by atoms with Crippen molar-refractivity contribution < 1.29 is 9.90 Å². The van der Waals surface area contributed by atoms with Crippen LogP contribution < -0.4 is 5.32 Å². The zero-order chi connectivity index (χ0) is 22.7. The molecule has 0 aromatic carbocycles. The Morgan fingerprint density at radius 2 is 1.94 bits per heavy atom. The second-order valence-electron chi connectivity index (χ2n) is 12.4. The molecule has 1 unspecified atom stereocenters. The lowest BCUT2D eigenvalue weighted by molar-refractivity contribution is -0.150. The number of hydrogen-bond donors (Lipinski definition) is 2. The first-order valence-corrected chi connectivity index (χ1v) is 12.8. The maximum absolute atomic E-state index is 13.4. The molecule has 0 spiro atoms. The Balaban J connectivity index is 1.43. The van der Waals surface area contributed by atoms with Crippen LogP contribution in [-0.2, 0) is 4.79 Å². The molecule has 1 heterocycles. The van der Waals surface area contributed by atoms with Crippen LogP contribution in [0.5, 0.6) is 0 Å². The highest BCUT2D eigenvalue weighted by atomic mass is 16.3. The second kappa shape index (κ2) is 7.69. The Labute approximate surface area is 192 Å². The van der Waals surface area contributed by atoms with Crippen LogP contribution in [0.2, 0.25) is 0 Å². The Hall–Kier alpha value is -1.67. The van der Waals surface area contributed by atoms with Crippen LogP contribution in [0.1, 0.15) is 72.1 Å². The van der Waals surface area contributed by atoms with Gasteiger partial charge in [0.2, 0.25) is 0 Å². The highest BCUT2D eigenvalue weighted by Gasteiger charge is 2.63. The molecule has 1 aliphatic heterocycles. The molecule has 9 atom stereocenters. The van der Waals surface area contributed by atoms with Gasteiger partial charge in [0.25, 0.3) is 0 Å². The lowest BCUT2D eigenvalue weighted by Crippen LogP contribution is -2.56. The zero-order valence-electron chi connectivity index (χ0n) is 19.9. The summed E-state index contributed by atoms with van der Waals surface area (Å²) in [6, 6.07) is 2.15. The molecule has 4 fully saturated rings. The van der Waals surface area contributed by atoms with E-state index in [1.54, 1.807) is 12.4 Å². The topological polar surface area (TPSA) is 85.5 Å². The van der Waals surface area contributed by atoms with E-state index in [1.165, 1.54) is 19.3 Å². The number of Topliss-reactive ketones (excluding diaryl/α,β-unsaturated/α-hetero) is 1. The number of fused-ring (bicyclic) bond motifs is 7. The van der Waals surface area contributed by atoms with Gasteiger partial charge in [-0.1, -0.05) is 13.8 Å². The van der Waals surface area contributed by atoms with E-state index in [4.69, 9.17) is 0 Å². The Kier molecular flexibility index (Phi) is 5.32. The van der Waals surface area contributed by atoms with Crippen LogP contribution in [0.3, 0.4) is 0 Å². The van der Waals surface area contributed by atoms with Crippen molar-refractivity contribution in [2.75, 3.05) is 13.1 Å². The first-order valence-electron chi connectivity index (χ1n) is 12.8. The molecule has 0 aromatic rings. The van der Waals surface area contributed by atoms with Gasteiger partial charge in [0.15, 0.2) is 5.78 Å². The van der Waals surface area contributed by atoms with Crippen LogP contribution in [0, 0.1) is 57.7 Å². The molecule has 5 heteroatoms. The average Bonchev–Trinajstić information content (AvgIpc) is 3.05. The molecular formula is C27H39N3O2. The molecule has 0 saturated heterocycles. The average molecular weight is 438 g/mol. The monoisotopic (exact) mass is 437 g/mol. The molecule has 32 heavy (non-hydrogen) atoms. The highest BCUT2D eigenvalue weighted by Crippen LogP contribution is 2.69. The van der Waals surface area contributed by atoms with Crippen molar-refractivity contribution in [3.8, 4) is 6.07 Å². The van der Waals surface area contributed by atoms with Crippen molar-refractivity contribution in [3.05, 3.63) is 11.8 Å². The number of nitriles is 1. The Bertz CT molecular complexity index is 886. The summed E-state index contributed by atoms with van der Waals surface area (Å²) in [4.78, 5) is 18.1. The van der Waals surface area contributed by atoms with E-state index in [1.807, 2.05) is 6.92 Å². The van der Waals surface area contributed by atoms with Crippen molar-refractivity contribution in [2.24, 2.45) is 51.3 Å². The lowest BCUT2D eigenvalue weighted by Gasteiger charge is -2.61. The molecule has 0 radical (unpaired) electrons. The van der Waals surface area contributed by atoms with E-state index in [0.717, 1.165) is 32.1 Å². The fourth-order valence-electron chi connectivity index (χ4n) is 9.18. The van der Waals surface area contributed by atoms with E-state index in [0.29, 0.717) is 53.5 Å². The van der Waals surface area contributed by atoms with Gasteiger partial charge in [0, 0.05) is 24.9 Å². The number of nitrogens with zero attached hydrogens (tertiary/aromatic N) is 2. The second-order valence-corrected chi connectivity index (χ2v) is 12.4. The van der Waals surface area contributed by atoms with E-state index in [9.17, 15) is 15.2 Å². The summed E-state index contributed by atoms with van der Waals surface area (Å²) < 4.78 is 0. The normalized spacial score (nSPS) is 53.2. The fourth-order valence-corrected chi connectivity index (χ4v) is 9.18. The summed E-state index contributed by atoms with van der Waals surface area (Å²) in [5.41, 5.74) is 0.379.